The van der Waals surface area contributed by atoms with E-state index < -0.39 is 0 Å². The van der Waals surface area contributed by atoms with Gasteiger partial charge in [-0.15, -0.1) is 0 Å². The summed E-state index contributed by atoms with van der Waals surface area (Å²) in [6.07, 6.45) is 1.04. The highest BCUT2D eigenvalue weighted by atomic mass is 15.2. The molecule has 80 valence electrons. The molecule has 0 unspecified atom stereocenters. The van der Waals surface area contributed by atoms with Crippen LogP contribution in [0.2, 0.25) is 0 Å². The number of rotatable bonds is 3. The van der Waals surface area contributed by atoms with Gasteiger partial charge in [0.2, 0.25) is 0 Å². The molecule has 0 saturated carbocycles. The van der Waals surface area contributed by atoms with E-state index in [0.29, 0.717) is 0 Å². The summed E-state index contributed by atoms with van der Waals surface area (Å²) in [5.41, 5.74) is 2.68. The summed E-state index contributed by atoms with van der Waals surface area (Å²) in [4.78, 5) is 4.28. The third-order valence-corrected chi connectivity index (χ3v) is 2.50. The van der Waals surface area contributed by atoms with Crippen LogP contribution < -0.4 is 10.6 Å². The fourth-order valence-electron chi connectivity index (χ4n) is 1.60. The van der Waals surface area contributed by atoms with Crippen molar-refractivity contribution in [2.24, 2.45) is 4.99 Å². The monoisotopic (exact) mass is 203 g/mol. The van der Waals surface area contributed by atoms with Gasteiger partial charge in [0.05, 0.1) is 6.54 Å². The van der Waals surface area contributed by atoms with Crippen molar-refractivity contribution in [3.8, 4) is 0 Å². The molecule has 15 heavy (non-hydrogen) atoms. The fraction of sp³-hybridized carbons (Fsp3) is 0.417. The molecule has 0 bridgehead atoms. The van der Waals surface area contributed by atoms with Crippen LogP contribution in [0.25, 0.3) is 0 Å². The zero-order chi connectivity index (χ0) is 10.5. The van der Waals surface area contributed by atoms with E-state index in [0.717, 1.165) is 32.0 Å². The summed E-state index contributed by atoms with van der Waals surface area (Å²) >= 11 is 0. The summed E-state index contributed by atoms with van der Waals surface area (Å²) in [5, 5.41) is 6.47. The lowest BCUT2D eigenvalue weighted by Gasteiger charge is -2.06. The average molecular weight is 203 g/mol. The molecule has 3 nitrogen and oxygen atoms in total. The number of nitrogens with zero attached hydrogens (tertiary/aromatic N) is 1. The van der Waals surface area contributed by atoms with Crippen LogP contribution in [0.1, 0.15) is 11.1 Å². The number of hydrogen-bond donors (Lipinski definition) is 2. The Balaban J connectivity index is 1.75. The van der Waals surface area contributed by atoms with Crippen molar-refractivity contribution >= 4 is 5.96 Å². The van der Waals surface area contributed by atoms with E-state index in [1.54, 1.807) is 0 Å². The number of nitrogens with one attached hydrogen (secondary N) is 2. The highest BCUT2D eigenvalue weighted by molar-refractivity contribution is 5.81. The Kier molecular flexibility index (Phi) is 3.22. The van der Waals surface area contributed by atoms with E-state index in [-0.39, 0.29) is 0 Å². The van der Waals surface area contributed by atoms with Gasteiger partial charge in [0.15, 0.2) is 5.96 Å². The normalized spacial score (nSPS) is 14.6. The zero-order valence-corrected chi connectivity index (χ0v) is 9.09. The number of benzene rings is 1. The Morgan fingerprint density at radius 2 is 2.13 bits per heavy atom. The van der Waals surface area contributed by atoms with E-state index in [4.69, 9.17) is 0 Å². The number of guanidine groups is 1. The topological polar surface area (TPSA) is 36.4 Å². The van der Waals surface area contributed by atoms with Gasteiger partial charge in [-0.2, -0.15) is 0 Å². The van der Waals surface area contributed by atoms with Crippen LogP contribution in [-0.2, 0) is 6.42 Å². The Labute approximate surface area is 90.6 Å². The van der Waals surface area contributed by atoms with Crippen LogP contribution in [0.3, 0.4) is 0 Å². The quantitative estimate of drug-likeness (QED) is 0.771. The summed E-state index contributed by atoms with van der Waals surface area (Å²) in [5.74, 6) is 0.946. The van der Waals surface area contributed by atoms with Crippen LogP contribution in [0, 0.1) is 6.92 Å². The van der Waals surface area contributed by atoms with Gasteiger partial charge in [0, 0.05) is 13.1 Å². The van der Waals surface area contributed by atoms with Gasteiger partial charge in [0.1, 0.15) is 0 Å². The maximum atomic E-state index is 4.28. The first-order chi connectivity index (χ1) is 7.34. The van der Waals surface area contributed by atoms with Crippen molar-refractivity contribution in [3.63, 3.8) is 0 Å². The summed E-state index contributed by atoms with van der Waals surface area (Å²) < 4.78 is 0. The van der Waals surface area contributed by atoms with Crippen LogP contribution in [-0.4, -0.2) is 25.6 Å². The predicted molar refractivity (Wildman–Crippen MR) is 63.2 cm³/mol. The number of hydrogen-bond acceptors (Lipinski definition) is 3. The molecule has 3 heteroatoms. The zero-order valence-electron chi connectivity index (χ0n) is 9.09. The number of aliphatic imine (C=N–C) groups is 1. The fourth-order valence-corrected chi connectivity index (χ4v) is 1.60. The van der Waals surface area contributed by atoms with E-state index >= 15 is 0 Å². The van der Waals surface area contributed by atoms with Crippen LogP contribution in [0.5, 0.6) is 0 Å². The largest absolute Gasteiger partial charge is 0.356 e. The van der Waals surface area contributed by atoms with E-state index in [1.165, 1.54) is 11.1 Å². The van der Waals surface area contributed by atoms with E-state index in [9.17, 15) is 0 Å². The van der Waals surface area contributed by atoms with Gasteiger partial charge in [0.25, 0.3) is 0 Å². The highest BCUT2D eigenvalue weighted by Crippen LogP contribution is 2.02. The van der Waals surface area contributed by atoms with Gasteiger partial charge >= 0.3 is 0 Å². The molecule has 1 aliphatic rings. The van der Waals surface area contributed by atoms with Gasteiger partial charge in [-0.1, -0.05) is 29.8 Å². The molecule has 2 N–H and O–H groups in total. The molecule has 0 aromatic heterocycles. The molecule has 0 radical (unpaired) electrons. The van der Waals surface area contributed by atoms with Gasteiger partial charge in [-0.3, -0.25) is 4.99 Å². The van der Waals surface area contributed by atoms with Crippen molar-refractivity contribution in [1.29, 1.82) is 0 Å². The lowest BCUT2D eigenvalue weighted by atomic mass is 10.1. The molecule has 0 fully saturated rings. The molecule has 0 spiro atoms. The van der Waals surface area contributed by atoms with Gasteiger partial charge in [-0.05, 0) is 18.9 Å². The van der Waals surface area contributed by atoms with Crippen LogP contribution in [0.4, 0.5) is 0 Å². The summed E-state index contributed by atoms with van der Waals surface area (Å²) in [6, 6.07) is 8.67. The lowest BCUT2D eigenvalue weighted by Crippen LogP contribution is -2.34. The Hall–Kier alpha value is -1.51. The van der Waals surface area contributed by atoms with E-state index in [2.05, 4.69) is 46.8 Å². The van der Waals surface area contributed by atoms with Crippen molar-refractivity contribution < 1.29 is 0 Å². The Bertz CT molecular complexity index is 340. The molecule has 1 aromatic carbocycles. The lowest BCUT2D eigenvalue weighted by molar-refractivity contribution is 0.837. The molecule has 0 atom stereocenters. The molecule has 1 heterocycles. The van der Waals surface area contributed by atoms with Gasteiger partial charge < -0.3 is 10.6 Å². The highest BCUT2D eigenvalue weighted by Gasteiger charge is 2.02. The van der Waals surface area contributed by atoms with Crippen molar-refractivity contribution in [3.05, 3.63) is 35.4 Å². The van der Waals surface area contributed by atoms with Crippen molar-refractivity contribution in [2.75, 3.05) is 19.6 Å². The third kappa shape index (κ3) is 2.98. The second kappa shape index (κ2) is 4.82. The van der Waals surface area contributed by atoms with Gasteiger partial charge in [-0.25, -0.2) is 0 Å². The molecule has 1 aliphatic heterocycles. The average Bonchev–Trinajstić information content (AvgIpc) is 2.74. The van der Waals surface area contributed by atoms with Crippen molar-refractivity contribution in [2.45, 2.75) is 13.3 Å². The second-order valence-electron chi connectivity index (χ2n) is 3.82. The van der Waals surface area contributed by atoms with Crippen molar-refractivity contribution in [1.82, 2.24) is 10.6 Å². The molecule has 0 amide bonds. The summed E-state index contributed by atoms with van der Waals surface area (Å²) in [7, 11) is 0. The SMILES string of the molecule is Cc1ccc(CCNC2=NCCN2)cc1. The molecular formula is C12H17N3. The van der Waals surface area contributed by atoms with Crippen LogP contribution in [0.15, 0.2) is 29.3 Å². The second-order valence-corrected chi connectivity index (χ2v) is 3.82. The Morgan fingerprint density at radius 1 is 1.33 bits per heavy atom. The molecule has 1 aromatic rings. The minimum atomic E-state index is 0.896. The minimum absolute atomic E-state index is 0.896. The minimum Gasteiger partial charge on any atom is -0.356 e. The predicted octanol–water partition coefficient (Wildman–Crippen LogP) is 1.09. The maximum absolute atomic E-state index is 4.28. The first kappa shape index (κ1) is 10.0. The third-order valence-electron chi connectivity index (χ3n) is 2.50. The first-order valence-corrected chi connectivity index (χ1v) is 5.42. The Morgan fingerprint density at radius 3 is 2.80 bits per heavy atom. The first-order valence-electron chi connectivity index (χ1n) is 5.42. The standard InChI is InChI=1S/C12H17N3/c1-10-2-4-11(5-3-10)6-7-13-12-14-8-9-15-12/h2-5H,6-9H2,1H3,(H2,13,14,15). The number of aryl methyl sites for hydroxylation is 1. The van der Waals surface area contributed by atoms with E-state index in [1.807, 2.05) is 0 Å². The molecule has 0 aliphatic carbocycles. The molecule has 2 rings (SSSR count). The molecular weight excluding hydrogens is 186 g/mol. The molecule has 0 saturated heterocycles. The summed E-state index contributed by atoms with van der Waals surface area (Å²) in [6.45, 7) is 4.91. The smallest absolute Gasteiger partial charge is 0.191 e. The van der Waals surface area contributed by atoms with Crippen LogP contribution >= 0.6 is 0 Å². The maximum Gasteiger partial charge on any atom is 0.191 e.